The molecule has 0 saturated carbocycles. The fourth-order valence-electron chi connectivity index (χ4n) is 4.05. The number of esters is 1. The van der Waals surface area contributed by atoms with Gasteiger partial charge in [-0.15, -0.1) is 0 Å². The Morgan fingerprint density at radius 3 is 1.79 bits per heavy atom. The Morgan fingerprint density at radius 2 is 1.39 bits per heavy atom. The molecule has 0 radical (unpaired) electrons. The Kier molecular flexibility index (Phi) is 8.76. The van der Waals surface area contributed by atoms with Gasteiger partial charge < -0.3 is 14.0 Å². The van der Waals surface area contributed by atoms with Crippen molar-refractivity contribution < 1.29 is 18.8 Å². The van der Waals surface area contributed by atoms with E-state index in [0.717, 1.165) is 10.4 Å². The van der Waals surface area contributed by atoms with Crippen molar-refractivity contribution in [2.24, 2.45) is 0 Å². The maximum atomic E-state index is 12.8. The van der Waals surface area contributed by atoms with Crippen LogP contribution in [0.25, 0.3) is 4.85 Å². The maximum absolute atomic E-state index is 12.8. The van der Waals surface area contributed by atoms with Gasteiger partial charge in [0.1, 0.15) is 23.9 Å². The van der Waals surface area contributed by atoms with Crippen LogP contribution in [0.1, 0.15) is 54.4 Å². The molecule has 0 aliphatic carbocycles. The number of benzene rings is 2. The Labute approximate surface area is 199 Å². The quantitative estimate of drug-likeness (QED) is 0.236. The van der Waals surface area contributed by atoms with E-state index in [-0.39, 0.29) is 30.2 Å². The fraction of sp³-hybridized carbons (Fsp3) is 0.444. The molecule has 0 aliphatic rings. The van der Waals surface area contributed by atoms with E-state index in [0.29, 0.717) is 0 Å². The molecule has 5 nitrogen and oxygen atoms in total. The first kappa shape index (κ1) is 26.5. The summed E-state index contributed by atoms with van der Waals surface area (Å²) in [7, 11) is -2.91. The van der Waals surface area contributed by atoms with E-state index in [1.165, 1.54) is 0 Å². The van der Waals surface area contributed by atoms with Crippen LogP contribution < -0.4 is 10.4 Å². The molecule has 0 amide bonds. The van der Waals surface area contributed by atoms with Gasteiger partial charge in [-0.2, -0.15) is 0 Å². The van der Waals surface area contributed by atoms with Gasteiger partial charge in [0.05, 0.1) is 0 Å². The monoisotopic (exact) mass is 465 g/mol. The minimum atomic E-state index is -2.91. The van der Waals surface area contributed by atoms with E-state index >= 15 is 0 Å². The molecule has 33 heavy (non-hydrogen) atoms. The predicted molar refractivity (Wildman–Crippen MR) is 134 cm³/mol. The maximum Gasteiger partial charge on any atom is 0.313 e. The van der Waals surface area contributed by atoms with Gasteiger partial charge in [-0.1, -0.05) is 81.4 Å². The Hall–Kier alpha value is -2.75. The third-order valence-corrected chi connectivity index (χ3v) is 10.4. The predicted octanol–water partition coefficient (Wildman–Crippen LogP) is 4.54. The van der Waals surface area contributed by atoms with Gasteiger partial charge in [-0.25, -0.2) is 6.57 Å². The molecule has 0 N–H and O–H groups in total. The van der Waals surface area contributed by atoms with Crippen LogP contribution >= 0.6 is 0 Å². The number of carbonyl (C=O) groups is 2. The van der Waals surface area contributed by atoms with E-state index in [4.69, 9.17) is 15.7 Å². The van der Waals surface area contributed by atoms with Crippen molar-refractivity contribution in [2.45, 2.75) is 71.1 Å². The molecule has 0 bridgehead atoms. The molecule has 2 rings (SSSR count). The molecular weight excluding hydrogens is 430 g/mol. The summed E-state index contributed by atoms with van der Waals surface area (Å²) >= 11 is 0. The lowest BCUT2D eigenvalue weighted by Crippen LogP contribution is -2.68. The molecule has 0 spiro atoms. The second-order valence-corrected chi connectivity index (χ2v) is 14.5. The zero-order valence-electron chi connectivity index (χ0n) is 20.6. The summed E-state index contributed by atoms with van der Waals surface area (Å²) in [5, 5.41) is 1.89. The molecule has 0 fully saturated rings. The van der Waals surface area contributed by atoms with E-state index < -0.39 is 26.0 Å². The van der Waals surface area contributed by atoms with Crippen LogP contribution in [0.15, 0.2) is 60.7 Å². The third kappa shape index (κ3) is 7.11. The highest BCUT2D eigenvalue weighted by Crippen LogP contribution is 2.38. The van der Waals surface area contributed by atoms with E-state index in [9.17, 15) is 9.59 Å². The van der Waals surface area contributed by atoms with Crippen molar-refractivity contribution in [2.75, 3.05) is 6.54 Å². The molecule has 0 aliphatic heterocycles. The van der Waals surface area contributed by atoms with Crippen LogP contribution in [0.4, 0.5) is 0 Å². The molecule has 0 aromatic heterocycles. The summed E-state index contributed by atoms with van der Waals surface area (Å²) < 4.78 is 12.2. The molecule has 2 aromatic carbocycles. The Bertz CT molecular complexity index is 930. The third-order valence-electron chi connectivity index (χ3n) is 5.27. The smallest absolute Gasteiger partial charge is 0.313 e. The van der Waals surface area contributed by atoms with Crippen molar-refractivity contribution in [3.05, 3.63) is 72.1 Å². The number of ether oxygens (including phenoxy) is 1. The molecule has 0 heterocycles. The normalized spacial score (nSPS) is 13.1. The fourth-order valence-corrected chi connectivity index (χ4v) is 8.72. The summed E-state index contributed by atoms with van der Waals surface area (Å²) in [6, 6.07) is 20.2. The molecule has 1 unspecified atom stereocenters. The van der Waals surface area contributed by atoms with E-state index in [1.807, 2.05) is 36.4 Å². The van der Waals surface area contributed by atoms with E-state index in [2.05, 4.69) is 49.9 Å². The number of hydrogen-bond donors (Lipinski definition) is 0. The second-order valence-electron chi connectivity index (χ2n) is 10.2. The lowest BCUT2D eigenvalue weighted by molar-refractivity contribution is -0.156. The van der Waals surface area contributed by atoms with Crippen LogP contribution in [0, 0.1) is 6.57 Å². The zero-order chi connectivity index (χ0) is 24.7. The van der Waals surface area contributed by atoms with Crippen molar-refractivity contribution >= 4 is 30.4 Å². The van der Waals surface area contributed by atoms with Gasteiger partial charge in [0.15, 0.2) is 0 Å². The summed E-state index contributed by atoms with van der Waals surface area (Å²) in [6.45, 7) is 19.3. The lowest BCUT2D eigenvalue weighted by Gasteiger charge is -2.44. The number of ketones is 1. The summed E-state index contributed by atoms with van der Waals surface area (Å²) in [5.74, 6) is -0.838. The standard InChI is InChI=1S/C27H35NO4Si/c1-26(2,3)31-25(30)19-21(29)18-22(20-28-7)32-33(27(4,5)6,23-14-10-8-11-15-23)24-16-12-9-13-17-24/h8-17,22H,18-20H2,1-6H3. The molecule has 2 aromatic rings. The van der Waals surface area contributed by atoms with Gasteiger partial charge in [0.25, 0.3) is 8.32 Å². The Morgan fingerprint density at radius 1 is 0.909 bits per heavy atom. The van der Waals surface area contributed by atoms with Crippen molar-refractivity contribution in [1.29, 1.82) is 0 Å². The molecule has 0 saturated heterocycles. The number of rotatable bonds is 9. The van der Waals surface area contributed by atoms with Crippen LogP contribution in [0.2, 0.25) is 5.04 Å². The van der Waals surface area contributed by atoms with Crippen LogP contribution in [-0.4, -0.2) is 38.3 Å². The average molecular weight is 466 g/mol. The van der Waals surface area contributed by atoms with Crippen molar-refractivity contribution in [3.8, 4) is 0 Å². The largest absolute Gasteiger partial charge is 0.460 e. The van der Waals surface area contributed by atoms with Gasteiger partial charge >= 0.3 is 5.97 Å². The number of nitrogens with zero attached hydrogens (tertiary/aromatic N) is 1. The highest BCUT2D eigenvalue weighted by molar-refractivity contribution is 6.99. The number of Topliss-reactive ketones (excluding diaryl/α,β-unsaturated/α-hetero) is 1. The first-order valence-electron chi connectivity index (χ1n) is 11.2. The number of carbonyl (C=O) groups excluding carboxylic acids is 2. The molecular formula is C27H35NO4Si. The zero-order valence-corrected chi connectivity index (χ0v) is 21.6. The highest BCUT2D eigenvalue weighted by Gasteiger charge is 2.52. The SMILES string of the molecule is [C-]#[N+]CC(CC(=O)CC(=O)OC(C)(C)C)O[Si](c1ccccc1)(c1ccccc1)C(C)(C)C. The lowest BCUT2D eigenvalue weighted by atomic mass is 10.1. The second kappa shape index (κ2) is 10.9. The minimum Gasteiger partial charge on any atom is -0.460 e. The Balaban J connectivity index is 2.43. The first-order chi connectivity index (χ1) is 15.4. The van der Waals surface area contributed by atoms with Crippen LogP contribution in [0.5, 0.6) is 0 Å². The van der Waals surface area contributed by atoms with Gasteiger partial charge in [0, 0.05) is 6.42 Å². The van der Waals surface area contributed by atoms with Gasteiger partial charge in [-0.05, 0) is 36.2 Å². The van der Waals surface area contributed by atoms with Crippen molar-refractivity contribution in [3.63, 3.8) is 0 Å². The minimum absolute atomic E-state index is 0.00782. The molecule has 6 heteroatoms. The summed E-state index contributed by atoms with van der Waals surface area (Å²) in [6.07, 6.45) is -0.953. The summed E-state index contributed by atoms with van der Waals surface area (Å²) in [5.41, 5.74) is -0.654. The molecule has 1 atom stereocenters. The van der Waals surface area contributed by atoms with Gasteiger partial charge in [-0.3, -0.25) is 9.59 Å². The van der Waals surface area contributed by atoms with Crippen LogP contribution in [-0.2, 0) is 18.8 Å². The van der Waals surface area contributed by atoms with E-state index in [1.54, 1.807) is 20.8 Å². The molecule has 176 valence electrons. The summed E-state index contributed by atoms with van der Waals surface area (Å²) in [4.78, 5) is 28.5. The van der Waals surface area contributed by atoms with Crippen molar-refractivity contribution in [1.82, 2.24) is 0 Å². The average Bonchev–Trinajstić information content (AvgIpc) is 2.71. The topological polar surface area (TPSA) is 57.0 Å². The number of hydrogen-bond acceptors (Lipinski definition) is 4. The van der Waals surface area contributed by atoms with Gasteiger partial charge in [0.2, 0.25) is 6.54 Å². The highest BCUT2D eigenvalue weighted by atomic mass is 28.4. The first-order valence-corrected chi connectivity index (χ1v) is 13.2. The van der Waals surface area contributed by atoms with Crippen LogP contribution in [0.3, 0.4) is 0 Å².